The number of ether oxygens (including phenoxy) is 3. The van der Waals surface area contributed by atoms with Crippen molar-refractivity contribution < 1.29 is 28.6 Å². The Labute approximate surface area is 414 Å². The third kappa shape index (κ3) is 53.4. The number of rotatable bonds is 50. The van der Waals surface area contributed by atoms with Crippen molar-refractivity contribution in [2.75, 3.05) is 13.2 Å². The normalized spacial score (nSPS) is 12.7. The van der Waals surface area contributed by atoms with Crippen LogP contribution < -0.4 is 0 Å². The molecule has 0 radical (unpaired) electrons. The Morgan fingerprint density at radius 3 is 0.940 bits per heavy atom. The molecule has 6 heteroatoms. The number of esters is 3. The zero-order valence-electron chi connectivity index (χ0n) is 43.9. The topological polar surface area (TPSA) is 78.9 Å². The molecule has 0 bridgehead atoms. The van der Waals surface area contributed by atoms with Crippen LogP contribution in [0.15, 0.2) is 85.1 Å². The first-order valence-electron chi connectivity index (χ1n) is 28.1. The van der Waals surface area contributed by atoms with E-state index in [0.717, 1.165) is 116 Å². The largest absolute Gasteiger partial charge is 0.462 e. The van der Waals surface area contributed by atoms with Crippen LogP contribution in [0.3, 0.4) is 0 Å². The molecule has 384 valence electrons. The zero-order chi connectivity index (χ0) is 48.6. The first-order valence-corrected chi connectivity index (χ1v) is 28.1. The van der Waals surface area contributed by atoms with Gasteiger partial charge >= 0.3 is 17.9 Å². The number of hydrogen-bond donors (Lipinski definition) is 0. The molecule has 0 amide bonds. The first-order chi connectivity index (χ1) is 33.0. The number of allylic oxidation sites excluding steroid dienone is 14. The van der Waals surface area contributed by atoms with Crippen LogP contribution in [0.1, 0.15) is 265 Å². The van der Waals surface area contributed by atoms with Crippen LogP contribution >= 0.6 is 0 Å². The van der Waals surface area contributed by atoms with Gasteiger partial charge < -0.3 is 14.2 Å². The molecule has 6 nitrogen and oxygen atoms in total. The average Bonchev–Trinajstić information content (AvgIpc) is 3.33. The Morgan fingerprint density at radius 2 is 0.582 bits per heavy atom. The molecule has 0 fully saturated rings. The minimum atomic E-state index is -0.775. The molecule has 0 saturated carbocycles. The van der Waals surface area contributed by atoms with Crippen molar-refractivity contribution in [2.24, 2.45) is 0 Å². The van der Waals surface area contributed by atoms with E-state index in [-0.39, 0.29) is 31.1 Å². The molecule has 0 aliphatic carbocycles. The van der Waals surface area contributed by atoms with Gasteiger partial charge in [0.25, 0.3) is 0 Å². The lowest BCUT2D eigenvalue weighted by Crippen LogP contribution is -2.30. The summed E-state index contributed by atoms with van der Waals surface area (Å²) >= 11 is 0. The van der Waals surface area contributed by atoms with Crippen molar-refractivity contribution in [3.8, 4) is 0 Å². The van der Waals surface area contributed by atoms with Gasteiger partial charge in [-0.25, -0.2) is 0 Å². The van der Waals surface area contributed by atoms with Gasteiger partial charge in [0.05, 0.1) is 0 Å². The minimum Gasteiger partial charge on any atom is -0.462 e. The molecular weight excluding hydrogens is 829 g/mol. The van der Waals surface area contributed by atoms with E-state index >= 15 is 0 Å². The van der Waals surface area contributed by atoms with Crippen LogP contribution in [-0.2, 0) is 28.6 Å². The van der Waals surface area contributed by atoms with Gasteiger partial charge in [0.1, 0.15) is 13.2 Å². The standard InChI is InChI=1S/C61H104O6/c1-4-7-10-13-15-17-19-21-22-23-24-25-26-27-28-29-30-31-32-33-34-35-36-37-38-40-41-43-45-48-51-54-60(63)66-57-58(56-65-59(62)53-50-47-12-9-6-3)67-61(64)55-52-49-46-44-42-39-20-18-16-14-11-8-5-2/h7,10,15,17-18,20-22,24-25,27-28,30-31,58H,4-6,8-9,11-14,16,19,23,26,29,32-57H2,1-3H3/b10-7-,17-15-,20-18-,22-21-,25-24-,28-27-,31-30-. The molecule has 0 aliphatic rings. The Balaban J connectivity index is 4.01. The summed E-state index contributed by atoms with van der Waals surface area (Å²) in [6.45, 7) is 6.42. The fourth-order valence-corrected chi connectivity index (χ4v) is 7.68. The molecule has 0 saturated heterocycles. The van der Waals surface area contributed by atoms with Gasteiger partial charge in [-0.05, 0) is 96.3 Å². The molecule has 0 aromatic heterocycles. The van der Waals surface area contributed by atoms with Crippen LogP contribution in [0.2, 0.25) is 0 Å². The number of carbonyl (C=O) groups is 3. The van der Waals surface area contributed by atoms with E-state index in [9.17, 15) is 14.4 Å². The second-order valence-corrected chi connectivity index (χ2v) is 18.5. The van der Waals surface area contributed by atoms with E-state index in [1.165, 1.54) is 109 Å². The Morgan fingerprint density at radius 1 is 0.313 bits per heavy atom. The molecule has 0 aromatic rings. The fraction of sp³-hybridized carbons (Fsp3) is 0.721. The fourth-order valence-electron chi connectivity index (χ4n) is 7.68. The van der Waals surface area contributed by atoms with Crippen molar-refractivity contribution >= 4 is 17.9 Å². The molecule has 0 aliphatic heterocycles. The quantitative estimate of drug-likeness (QED) is 0.0262. The van der Waals surface area contributed by atoms with Crippen molar-refractivity contribution in [1.82, 2.24) is 0 Å². The van der Waals surface area contributed by atoms with Crippen LogP contribution in [0.25, 0.3) is 0 Å². The summed E-state index contributed by atoms with van der Waals surface area (Å²) < 4.78 is 16.7. The minimum absolute atomic E-state index is 0.0794. The summed E-state index contributed by atoms with van der Waals surface area (Å²) in [7, 11) is 0. The average molecular weight is 933 g/mol. The Kier molecular flexibility index (Phi) is 52.4. The third-order valence-corrected chi connectivity index (χ3v) is 11.9. The molecule has 67 heavy (non-hydrogen) atoms. The number of carbonyl (C=O) groups excluding carboxylic acids is 3. The molecular formula is C61H104O6. The van der Waals surface area contributed by atoms with Crippen molar-refractivity contribution in [1.29, 1.82) is 0 Å². The van der Waals surface area contributed by atoms with Crippen molar-refractivity contribution in [2.45, 2.75) is 271 Å². The van der Waals surface area contributed by atoms with E-state index < -0.39 is 6.10 Å². The van der Waals surface area contributed by atoms with Gasteiger partial charge in [-0.1, -0.05) is 234 Å². The Hall–Kier alpha value is -3.41. The van der Waals surface area contributed by atoms with Gasteiger partial charge in [-0.15, -0.1) is 0 Å². The number of hydrogen-bond acceptors (Lipinski definition) is 6. The first kappa shape index (κ1) is 63.6. The maximum atomic E-state index is 12.7. The zero-order valence-corrected chi connectivity index (χ0v) is 43.9. The van der Waals surface area contributed by atoms with E-state index in [0.29, 0.717) is 19.3 Å². The van der Waals surface area contributed by atoms with Gasteiger partial charge in [-0.3, -0.25) is 14.4 Å². The lowest BCUT2D eigenvalue weighted by molar-refractivity contribution is -0.167. The van der Waals surface area contributed by atoms with Gasteiger partial charge in [0.15, 0.2) is 6.10 Å². The second-order valence-electron chi connectivity index (χ2n) is 18.5. The monoisotopic (exact) mass is 933 g/mol. The van der Waals surface area contributed by atoms with Crippen LogP contribution in [-0.4, -0.2) is 37.2 Å². The van der Waals surface area contributed by atoms with Gasteiger partial charge in [-0.2, -0.15) is 0 Å². The third-order valence-electron chi connectivity index (χ3n) is 11.9. The van der Waals surface area contributed by atoms with E-state index in [4.69, 9.17) is 14.2 Å². The molecule has 0 N–H and O–H groups in total. The summed E-state index contributed by atoms with van der Waals surface area (Å²) in [5.41, 5.74) is 0. The lowest BCUT2D eigenvalue weighted by Gasteiger charge is -2.18. The van der Waals surface area contributed by atoms with Crippen molar-refractivity contribution in [3.63, 3.8) is 0 Å². The van der Waals surface area contributed by atoms with Crippen molar-refractivity contribution in [3.05, 3.63) is 85.1 Å². The molecule has 1 atom stereocenters. The SMILES string of the molecule is CC/C=C\C/C=C\C/C=C\C/C=C\C/C=C\C/C=C\CCCCCCCCCCCCCCC(=O)OCC(COC(=O)CCCCCCC)OC(=O)CCCCCCC/C=C\CCCCCC. The van der Waals surface area contributed by atoms with E-state index in [1.54, 1.807) is 0 Å². The predicted molar refractivity (Wildman–Crippen MR) is 288 cm³/mol. The highest BCUT2D eigenvalue weighted by Crippen LogP contribution is 2.15. The Bertz CT molecular complexity index is 1300. The maximum Gasteiger partial charge on any atom is 0.306 e. The summed E-state index contributed by atoms with van der Waals surface area (Å²) in [5, 5.41) is 0. The molecule has 0 rings (SSSR count). The van der Waals surface area contributed by atoms with Crippen LogP contribution in [0, 0.1) is 0 Å². The lowest BCUT2D eigenvalue weighted by atomic mass is 10.0. The van der Waals surface area contributed by atoms with E-state index in [2.05, 4.69) is 106 Å². The summed E-state index contributed by atoms with van der Waals surface area (Å²) in [4.78, 5) is 37.7. The highest BCUT2D eigenvalue weighted by Gasteiger charge is 2.19. The highest BCUT2D eigenvalue weighted by atomic mass is 16.6. The maximum absolute atomic E-state index is 12.7. The molecule has 0 aromatic carbocycles. The highest BCUT2D eigenvalue weighted by molar-refractivity contribution is 5.71. The molecule has 1 unspecified atom stereocenters. The van der Waals surface area contributed by atoms with Gasteiger partial charge in [0.2, 0.25) is 0 Å². The smallest absolute Gasteiger partial charge is 0.306 e. The van der Waals surface area contributed by atoms with E-state index in [1.807, 2.05) is 0 Å². The van der Waals surface area contributed by atoms with Crippen LogP contribution in [0.4, 0.5) is 0 Å². The van der Waals surface area contributed by atoms with Crippen LogP contribution in [0.5, 0.6) is 0 Å². The van der Waals surface area contributed by atoms with Gasteiger partial charge in [0, 0.05) is 19.3 Å². The molecule has 0 heterocycles. The second kappa shape index (κ2) is 55.2. The molecule has 0 spiro atoms. The summed E-state index contributed by atoms with van der Waals surface area (Å²) in [6.07, 6.45) is 72.0. The summed E-state index contributed by atoms with van der Waals surface area (Å²) in [6, 6.07) is 0. The number of unbranched alkanes of at least 4 members (excludes halogenated alkanes) is 25. The summed E-state index contributed by atoms with van der Waals surface area (Å²) in [5.74, 6) is -0.902. The predicted octanol–water partition coefficient (Wildman–Crippen LogP) is 18.8.